The number of nitrogens with zero attached hydrogens (tertiary/aromatic N) is 5. The second-order valence-corrected chi connectivity index (χ2v) is 6.81. The zero-order chi connectivity index (χ0) is 19.1. The number of benzene rings is 1. The normalized spacial score (nSPS) is 11.7. The molecule has 0 saturated heterocycles. The Hall–Kier alpha value is -2.60. The summed E-state index contributed by atoms with van der Waals surface area (Å²) in [5.74, 6) is 1.86. The first-order valence-corrected chi connectivity index (χ1v) is 9.57. The number of hydrogen-bond donors (Lipinski definition) is 1. The molecule has 142 valence electrons. The molecular formula is C20H25ClN6. The lowest BCUT2D eigenvalue weighted by Crippen LogP contribution is -2.38. The van der Waals surface area contributed by atoms with Crippen LogP contribution in [0.25, 0.3) is 5.65 Å². The average Bonchev–Trinajstić information content (AvgIpc) is 3.07. The highest BCUT2D eigenvalue weighted by molar-refractivity contribution is 6.30. The van der Waals surface area contributed by atoms with Gasteiger partial charge < -0.3 is 10.2 Å². The molecule has 0 atom stereocenters. The van der Waals surface area contributed by atoms with Crippen molar-refractivity contribution in [2.75, 3.05) is 20.1 Å². The molecule has 0 saturated carbocycles. The second kappa shape index (κ2) is 9.37. The van der Waals surface area contributed by atoms with Crippen LogP contribution in [0.3, 0.4) is 0 Å². The largest absolute Gasteiger partial charge is 0.357 e. The quantitative estimate of drug-likeness (QED) is 0.385. The van der Waals surface area contributed by atoms with Crippen molar-refractivity contribution in [3.8, 4) is 0 Å². The Morgan fingerprint density at radius 1 is 1.22 bits per heavy atom. The van der Waals surface area contributed by atoms with Gasteiger partial charge in [0.1, 0.15) is 5.82 Å². The van der Waals surface area contributed by atoms with E-state index < -0.39 is 0 Å². The Bertz CT molecular complexity index is 904. The topological polar surface area (TPSA) is 57.8 Å². The van der Waals surface area contributed by atoms with E-state index in [0.29, 0.717) is 0 Å². The van der Waals surface area contributed by atoms with Crippen LogP contribution in [0, 0.1) is 0 Å². The third kappa shape index (κ3) is 5.20. The minimum atomic E-state index is 0.726. The van der Waals surface area contributed by atoms with Crippen molar-refractivity contribution in [3.63, 3.8) is 0 Å². The summed E-state index contributed by atoms with van der Waals surface area (Å²) in [5, 5.41) is 12.6. The smallest absolute Gasteiger partial charge is 0.193 e. The Balaban J connectivity index is 1.58. The van der Waals surface area contributed by atoms with Gasteiger partial charge in [0.25, 0.3) is 0 Å². The fourth-order valence-electron chi connectivity index (χ4n) is 2.94. The average molecular weight is 385 g/mol. The zero-order valence-corrected chi connectivity index (χ0v) is 16.5. The van der Waals surface area contributed by atoms with Gasteiger partial charge in [-0.1, -0.05) is 29.8 Å². The predicted molar refractivity (Wildman–Crippen MR) is 110 cm³/mol. The number of nitrogens with one attached hydrogen (secondary N) is 1. The summed E-state index contributed by atoms with van der Waals surface area (Å²) in [4.78, 5) is 6.87. The van der Waals surface area contributed by atoms with Gasteiger partial charge in [0.05, 0.1) is 0 Å². The van der Waals surface area contributed by atoms with Crippen molar-refractivity contribution in [2.45, 2.75) is 26.3 Å². The van der Waals surface area contributed by atoms with Crippen molar-refractivity contribution in [1.29, 1.82) is 0 Å². The molecule has 0 bridgehead atoms. The molecule has 1 N–H and O–H groups in total. The molecule has 6 nitrogen and oxygen atoms in total. The first-order chi connectivity index (χ1) is 13.2. The molecule has 1 aromatic carbocycles. The molecular weight excluding hydrogens is 360 g/mol. The van der Waals surface area contributed by atoms with E-state index >= 15 is 0 Å². The van der Waals surface area contributed by atoms with Gasteiger partial charge in [-0.05, 0) is 43.2 Å². The Labute approximate surface area is 164 Å². The van der Waals surface area contributed by atoms with Crippen LogP contribution in [0.15, 0.2) is 53.7 Å². The highest BCUT2D eigenvalue weighted by Crippen LogP contribution is 2.12. The van der Waals surface area contributed by atoms with Crippen LogP contribution < -0.4 is 5.32 Å². The summed E-state index contributed by atoms with van der Waals surface area (Å²) in [7, 11) is 2.04. The number of aryl methyl sites for hydroxylation is 1. The summed E-state index contributed by atoms with van der Waals surface area (Å²) in [6.07, 6.45) is 3.75. The molecule has 3 rings (SSSR count). The number of hydrogen-bond acceptors (Lipinski definition) is 3. The number of guanidine groups is 1. The second-order valence-electron chi connectivity index (χ2n) is 6.37. The molecule has 2 heterocycles. The van der Waals surface area contributed by atoms with E-state index in [-0.39, 0.29) is 0 Å². The minimum Gasteiger partial charge on any atom is -0.357 e. The zero-order valence-electron chi connectivity index (χ0n) is 15.8. The lowest BCUT2D eigenvalue weighted by atomic mass is 10.2. The number of pyridine rings is 1. The molecule has 0 aliphatic heterocycles. The predicted octanol–water partition coefficient (Wildman–Crippen LogP) is 3.41. The van der Waals surface area contributed by atoms with Crippen LogP contribution in [-0.4, -0.2) is 45.6 Å². The maximum absolute atomic E-state index is 6.08. The Morgan fingerprint density at radius 3 is 2.93 bits per heavy atom. The number of aliphatic imine (C=N–C) groups is 1. The van der Waals surface area contributed by atoms with Crippen molar-refractivity contribution >= 4 is 23.2 Å². The minimum absolute atomic E-state index is 0.726. The van der Waals surface area contributed by atoms with E-state index in [9.17, 15) is 0 Å². The van der Waals surface area contributed by atoms with Gasteiger partial charge >= 0.3 is 0 Å². The van der Waals surface area contributed by atoms with Crippen LogP contribution in [0.4, 0.5) is 0 Å². The third-order valence-corrected chi connectivity index (χ3v) is 4.44. The highest BCUT2D eigenvalue weighted by atomic mass is 35.5. The van der Waals surface area contributed by atoms with E-state index in [1.54, 1.807) is 0 Å². The SMILES string of the molecule is CCNC(=NCCCc1nnc2ccccn12)N(C)Cc1cccc(Cl)c1. The van der Waals surface area contributed by atoms with Crippen LogP contribution >= 0.6 is 11.6 Å². The van der Waals surface area contributed by atoms with Crippen molar-refractivity contribution in [2.24, 2.45) is 4.99 Å². The molecule has 2 aromatic heterocycles. The van der Waals surface area contributed by atoms with Crippen molar-refractivity contribution < 1.29 is 0 Å². The van der Waals surface area contributed by atoms with E-state index in [1.807, 2.05) is 54.0 Å². The summed E-state index contributed by atoms with van der Waals surface area (Å²) >= 11 is 6.08. The molecule has 0 spiro atoms. The maximum atomic E-state index is 6.08. The standard InChI is InChI=1S/C20H25ClN6/c1-3-22-20(26(2)15-16-8-6-9-17(21)14-16)23-12-7-11-19-25-24-18-10-4-5-13-27(18)19/h4-6,8-10,13-14H,3,7,11-12,15H2,1-2H3,(H,22,23). The molecule has 7 heteroatoms. The van der Waals surface area contributed by atoms with Crippen molar-refractivity contribution in [1.82, 2.24) is 24.8 Å². The number of halogens is 1. The third-order valence-electron chi connectivity index (χ3n) is 4.21. The summed E-state index contributed by atoms with van der Waals surface area (Å²) in [5.41, 5.74) is 2.04. The van der Waals surface area contributed by atoms with Crippen LogP contribution in [0.5, 0.6) is 0 Å². The van der Waals surface area contributed by atoms with Gasteiger partial charge in [-0.25, -0.2) is 0 Å². The molecule has 3 aromatic rings. The van der Waals surface area contributed by atoms with E-state index in [2.05, 4.69) is 33.4 Å². The lowest BCUT2D eigenvalue weighted by molar-refractivity contribution is 0.476. The fraction of sp³-hybridized carbons (Fsp3) is 0.350. The molecule has 0 aliphatic carbocycles. The van der Waals surface area contributed by atoms with E-state index in [4.69, 9.17) is 16.6 Å². The molecule has 0 unspecified atom stereocenters. The number of rotatable bonds is 7. The van der Waals surface area contributed by atoms with E-state index in [0.717, 1.165) is 60.5 Å². The summed E-state index contributed by atoms with van der Waals surface area (Å²) < 4.78 is 2.03. The van der Waals surface area contributed by atoms with Crippen LogP contribution in [0.1, 0.15) is 24.7 Å². The van der Waals surface area contributed by atoms with Gasteiger partial charge in [-0.2, -0.15) is 0 Å². The summed E-state index contributed by atoms with van der Waals surface area (Å²) in [6, 6.07) is 13.8. The van der Waals surface area contributed by atoms with Gasteiger partial charge in [-0.15, -0.1) is 10.2 Å². The molecule has 0 aliphatic rings. The highest BCUT2D eigenvalue weighted by Gasteiger charge is 2.08. The molecule has 0 amide bonds. The fourth-order valence-corrected chi connectivity index (χ4v) is 3.15. The van der Waals surface area contributed by atoms with Crippen LogP contribution in [-0.2, 0) is 13.0 Å². The maximum Gasteiger partial charge on any atom is 0.193 e. The van der Waals surface area contributed by atoms with Gasteiger partial charge in [-0.3, -0.25) is 9.39 Å². The van der Waals surface area contributed by atoms with Crippen molar-refractivity contribution in [3.05, 3.63) is 65.1 Å². The molecule has 0 radical (unpaired) electrons. The first kappa shape index (κ1) is 19.2. The Kier molecular flexibility index (Phi) is 6.65. The van der Waals surface area contributed by atoms with Gasteiger partial charge in [0, 0.05) is 44.3 Å². The van der Waals surface area contributed by atoms with Gasteiger partial charge in [0.2, 0.25) is 0 Å². The molecule has 27 heavy (non-hydrogen) atoms. The Morgan fingerprint density at radius 2 is 2.11 bits per heavy atom. The summed E-state index contributed by atoms with van der Waals surface area (Å²) in [6.45, 7) is 4.38. The molecule has 0 fully saturated rings. The van der Waals surface area contributed by atoms with E-state index in [1.165, 1.54) is 0 Å². The van der Waals surface area contributed by atoms with Crippen LogP contribution in [0.2, 0.25) is 5.02 Å². The monoisotopic (exact) mass is 384 g/mol. The first-order valence-electron chi connectivity index (χ1n) is 9.20. The lowest BCUT2D eigenvalue weighted by Gasteiger charge is -2.22. The number of aromatic nitrogens is 3. The number of fused-ring (bicyclic) bond motifs is 1. The van der Waals surface area contributed by atoms with Gasteiger partial charge in [0.15, 0.2) is 11.6 Å².